The van der Waals surface area contributed by atoms with E-state index in [9.17, 15) is 0 Å². The molecule has 2 atom stereocenters. The topological polar surface area (TPSA) is 42.2 Å². The molecule has 2 N–H and O–H groups in total. The van der Waals surface area contributed by atoms with Crippen LogP contribution in [0.4, 0.5) is 0 Å². The Morgan fingerprint density at radius 1 is 1.42 bits per heavy atom. The second-order valence-electron chi connectivity index (χ2n) is 6.85. The smallest absolute Gasteiger partial charge is 0.0543 e. The molecule has 1 heterocycles. The summed E-state index contributed by atoms with van der Waals surface area (Å²) in [6.45, 7) is 6.71. The molecule has 3 nitrogen and oxygen atoms in total. The number of aromatic nitrogens is 1. The number of nitrogens with two attached hydrogens (primary N) is 1. The van der Waals surface area contributed by atoms with Crippen molar-refractivity contribution in [3.63, 3.8) is 0 Å². The first-order valence-corrected chi connectivity index (χ1v) is 7.30. The van der Waals surface area contributed by atoms with Crippen LogP contribution in [0.15, 0.2) is 24.4 Å². The highest BCUT2D eigenvalue weighted by molar-refractivity contribution is 5.03. The Morgan fingerprint density at radius 3 is 2.89 bits per heavy atom. The van der Waals surface area contributed by atoms with Gasteiger partial charge >= 0.3 is 0 Å². The number of rotatable bonds is 4. The Labute approximate surface area is 117 Å². The van der Waals surface area contributed by atoms with Gasteiger partial charge in [-0.3, -0.25) is 4.98 Å². The molecule has 1 aromatic heterocycles. The average Bonchev–Trinajstić information content (AvgIpc) is 2.35. The monoisotopic (exact) mass is 261 g/mol. The first-order chi connectivity index (χ1) is 8.96. The molecule has 0 spiro atoms. The van der Waals surface area contributed by atoms with Gasteiger partial charge in [0.2, 0.25) is 0 Å². The second-order valence-corrected chi connectivity index (χ2v) is 6.85. The lowest BCUT2D eigenvalue weighted by atomic mass is 9.70. The summed E-state index contributed by atoms with van der Waals surface area (Å²) in [5.74, 6) is 0.609. The summed E-state index contributed by atoms with van der Waals surface area (Å²) in [5, 5.41) is 0. The summed E-state index contributed by atoms with van der Waals surface area (Å²) in [5.41, 5.74) is 7.88. The minimum absolute atomic E-state index is 0.360. The molecule has 0 saturated heterocycles. The molecule has 2 unspecified atom stereocenters. The molecule has 1 aliphatic rings. The van der Waals surface area contributed by atoms with E-state index in [0.717, 1.165) is 25.2 Å². The van der Waals surface area contributed by atoms with Crippen molar-refractivity contribution in [3.05, 3.63) is 30.1 Å². The second kappa shape index (κ2) is 6.02. The number of nitrogens with zero attached hydrogens (tertiary/aromatic N) is 2. The fourth-order valence-electron chi connectivity index (χ4n) is 3.19. The molecule has 106 valence electrons. The third-order valence-corrected chi connectivity index (χ3v) is 4.28. The SMILES string of the molecule is CN(Cc1ccccn1)CC1CC(C)(C)CCC1N. The maximum Gasteiger partial charge on any atom is 0.0543 e. The molecular weight excluding hydrogens is 234 g/mol. The van der Waals surface area contributed by atoms with Gasteiger partial charge in [0, 0.05) is 25.3 Å². The van der Waals surface area contributed by atoms with Crippen LogP contribution in [0.1, 0.15) is 38.8 Å². The van der Waals surface area contributed by atoms with Gasteiger partial charge in [-0.15, -0.1) is 0 Å². The standard InChI is InChI=1S/C16H27N3/c1-16(2)8-7-15(17)13(10-16)11-19(3)12-14-6-4-5-9-18-14/h4-6,9,13,15H,7-8,10-12,17H2,1-3H3. The van der Waals surface area contributed by atoms with Crippen LogP contribution >= 0.6 is 0 Å². The van der Waals surface area contributed by atoms with E-state index in [-0.39, 0.29) is 0 Å². The third kappa shape index (κ3) is 4.29. The quantitative estimate of drug-likeness (QED) is 0.906. The van der Waals surface area contributed by atoms with Gasteiger partial charge in [0.25, 0.3) is 0 Å². The van der Waals surface area contributed by atoms with Crippen LogP contribution in [0.5, 0.6) is 0 Å². The lowest BCUT2D eigenvalue weighted by Crippen LogP contribution is -2.44. The minimum Gasteiger partial charge on any atom is -0.327 e. The Bertz CT molecular complexity index is 388. The van der Waals surface area contributed by atoms with Gasteiger partial charge in [-0.1, -0.05) is 19.9 Å². The van der Waals surface area contributed by atoms with Crippen LogP contribution in [-0.2, 0) is 6.54 Å². The fraction of sp³-hybridized carbons (Fsp3) is 0.688. The normalized spacial score (nSPS) is 26.6. The van der Waals surface area contributed by atoms with E-state index in [0.29, 0.717) is 17.4 Å². The molecule has 1 saturated carbocycles. The van der Waals surface area contributed by atoms with E-state index >= 15 is 0 Å². The van der Waals surface area contributed by atoms with Crippen LogP contribution in [0.2, 0.25) is 0 Å². The van der Waals surface area contributed by atoms with Gasteiger partial charge in [0.15, 0.2) is 0 Å². The van der Waals surface area contributed by atoms with E-state index in [1.54, 1.807) is 0 Å². The van der Waals surface area contributed by atoms with E-state index in [4.69, 9.17) is 5.73 Å². The molecular formula is C16H27N3. The fourth-order valence-corrected chi connectivity index (χ4v) is 3.19. The molecule has 0 radical (unpaired) electrons. The number of pyridine rings is 1. The molecule has 3 heteroatoms. The summed E-state index contributed by atoms with van der Waals surface area (Å²) >= 11 is 0. The summed E-state index contributed by atoms with van der Waals surface area (Å²) in [6.07, 6.45) is 5.52. The van der Waals surface area contributed by atoms with Crippen molar-refractivity contribution in [1.82, 2.24) is 9.88 Å². The van der Waals surface area contributed by atoms with Crippen molar-refractivity contribution in [2.75, 3.05) is 13.6 Å². The molecule has 1 aromatic rings. The Balaban J connectivity index is 1.89. The Morgan fingerprint density at radius 2 is 2.21 bits per heavy atom. The van der Waals surface area contributed by atoms with Crippen LogP contribution < -0.4 is 5.73 Å². The van der Waals surface area contributed by atoms with Gasteiger partial charge in [-0.05, 0) is 49.8 Å². The maximum absolute atomic E-state index is 6.30. The molecule has 0 aliphatic heterocycles. The van der Waals surface area contributed by atoms with E-state index in [1.807, 2.05) is 18.3 Å². The van der Waals surface area contributed by atoms with E-state index < -0.39 is 0 Å². The first-order valence-electron chi connectivity index (χ1n) is 7.30. The summed E-state index contributed by atoms with van der Waals surface area (Å²) < 4.78 is 0. The van der Waals surface area contributed by atoms with Crippen LogP contribution in [0, 0.1) is 11.3 Å². The maximum atomic E-state index is 6.30. The van der Waals surface area contributed by atoms with Crippen LogP contribution in [0.25, 0.3) is 0 Å². The molecule has 1 fully saturated rings. The highest BCUT2D eigenvalue weighted by Gasteiger charge is 2.33. The van der Waals surface area contributed by atoms with E-state index in [1.165, 1.54) is 12.8 Å². The van der Waals surface area contributed by atoms with Crippen molar-refractivity contribution in [2.24, 2.45) is 17.1 Å². The predicted octanol–water partition coefficient (Wildman–Crippen LogP) is 2.67. The highest BCUT2D eigenvalue weighted by atomic mass is 15.1. The van der Waals surface area contributed by atoms with Crippen LogP contribution in [-0.4, -0.2) is 29.5 Å². The van der Waals surface area contributed by atoms with Gasteiger partial charge in [0.1, 0.15) is 0 Å². The zero-order chi connectivity index (χ0) is 13.9. The summed E-state index contributed by atoms with van der Waals surface area (Å²) in [7, 11) is 2.17. The lowest BCUT2D eigenvalue weighted by molar-refractivity contribution is 0.122. The zero-order valence-corrected chi connectivity index (χ0v) is 12.5. The van der Waals surface area contributed by atoms with Gasteiger partial charge in [-0.25, -0.2) is 0 Å². The molecule has 1 aliphatic carbocycles. The molecule has 2 rings (SSSR count). The van der Waals surface area contributed by atoms with Crippen molar-refractivity contribution >= 4 is 0 Å². The van der Waals surface area contributed by atoms with Crippen molar-refractivity contribution in [2.45, 2.75) is 45.7 Å². The molecule has 0 bridgehead atoms. The largest absolute Gasteiger partial charge is 0.327 e. The zero-order valence-electron chi connectivity index (χ0n) is 12.5. The Hall–Kier alpha value is -0.930. The molecule has 0 amide bonds. The summed E-state index contributed by atoms with van der Waals surface area (Å²) in [4.78, 5) is 6.74. The van der Waals surface area contributed by atoms with E-state index in [2.05, 4.69) is 36.8 Å². The van der Waals surface area contributed by atoms with Gasteiger partial charge in [-0.2, -0.15) is 0 Å². The van der Waals surface area contributed by atoms with Gasteiger partial charge in [0.05, 0.1) is 5.69 Å². The first kappa shape index (κ1) is 14.5. The number of hydrogen-bond donors (Lipinski definition) is 1. The predicted molar refractivity (Wildman–Crippen MR) is 79.7 cm³/mol. The summed E-state index contributed by atoms with van der Waals surface area (Å²) in [6, 6.07) is 6.45. The molecule has 0 aromatic carbocycles. The third-order valence-electron chi connectivity index (χ3n) is 4.28. The van der Waals surface area contributed by atoms with Gasteiger partial charge < -0.3 is 10.6 Å². The highest BCUT2D eigenvalue weighted by Crippen LogP contribution is 2.38. The Kier molecular flexibility index (Phi) is 4.58. The molecule has 19 heavy (non-hydrogen) atoms. The van der Waals surface area contributed by atoms with Crippen molar-refractivity contribution < 1.29 is 0 Å². The minimum atomic E-state index is 0.360. The number of hydrogen-bond acceptors (Lipinski definition) is 3. The average molecular weight is 261 g/mol. The van der Waals surface area contributed by atoms with Crippen molar-refractivity contribution in [3.8, 4) is 0 Å². The van der Waals surface area contributed by atoms with Crippen molar-refractivity contribution in [1.29, 1.82) is 0 Å². The lowest BCUT2D eigenvalue weighted by Gasteiger charge is -2.40. The van der Waals surface area contributed by atoms with Crippen LogP contribution in [0.3, 0.4) is 0 Å².